The van der Waals surface area contributed by atoms with Crippen molar-refractivity contribution in [2.75, 3.05) is 19.6 Å². The van der Waals surface area contributed by atoms with E-state index in [2.05, 4.69) is 0 Å². The van der Waals surface area contributed by atoms with Crippen molar-refractivity contribution in [3.05, 3.63) is 12.2 Å². The summed E-state index contributed by atoms with van der Waals surface area (Å²) in [6.07, 6.45) is 4.48. The molecular weight excluding hydrogens is 160 g/mol. The molecule has 12 heavy (non-hydrogen) atoms. The van der Waals surface area contributed by atoms with Crippen molar-refractivity contribution in [1.29, 1.82) is 0 Å². The van der Waals surface area contributed by atoms with Crippen LogP contribution in [0.25, 0.3) is 0 Å². The summed E-state index contributed by atoms with van der Waals surface area (Å²) in [5.74, 6) is -2.46. The van der Waals surface area contributed by atoms with E-state index >= 15 is 0 Å². The smallest absolute Gasteiger partial charge is 0.260 e. The molecule has 0 N–H and O–H groups in total. The van der Waals surface area contributed by atoms with Gasteiger partial charge in [-0.15, -0.1) is 0 Å². The van der Waals surface area contributed by atoms with E-state index in [0.717, 1.165) is 6.54 Å². The largest absolute Gasteiger partial charge is 0.294 e. The first kappa shape index (κ1) is 9.65. The van der Waals surface area contributed by atoms with Crippen LogP contribution in [0.4, 0.5) is 8.78 Å². The fourth-order valence-electron chi connectivity index (χ4n) is 1.46. The molecule has 0 radical (unpaired) electrons. The maximum Gasteiger partial charge on any atom is 0.260 e. The Morgan fingerprint density at radius 3 is 2.83 bits per heavy atom. The summed E-state index contributed by atoms with van der Waals surface area (Å²) in [5, 5.41) is 0. The second-order valence-corrected chi connectivity index (χ2v) is 3.26. The number of alkyl halides is 2. The van der Waals surface area contributed by atoms with Gasteiger partial charge in [0.25, 0.3) is 5.92 Å². The molecular formula is C9H15F2N. The van der Waals surface area contributed by atoms with Crippen LogP contribution in [0.3, 0.4) is 0 Å². The first-order valence-electron chi connectivity index (χ1n) is 4.35. The molecule has 0 aliphatic carbocycles. The number of hydrogen-bond donors (Lipinski definition) is 0. The van der Waals surface area contributed by atoms with Crippen molar-refractivity contribution < 1.29 is 8.78 Å². The van der Waals surface area contributed by atoms with Gasteiger partial charge in [-0.2, -0.15) is 0 Å². The monoisotopic (exact) mass is 175 g/mol. The predicted molar refractivity (Wildman–Crippen MR) is 45.4 cm³/mol. The van der Waals surface area contributed by atoms with Crippen LogP contribution in [0.5, 0.6) is 0 Å². The number of allylic oxidation sites excluding steroid dienone is 1. The fourth-order valence-corrected chi connectivity index (χ4v) is 1.46. The fraction of sp³-hybridized carbons (Fsp3) is 0.778. The highest BCUT2D eigenvalue weighted by Crippen LogP contribution is 2.26. The minimum Gasteiger partial charge on any atom is -0.294 e. The molecule has 3 heteroatoms. The van der Waals surface area contributed by atoms with Crippen LogP contribution in [0.15, 0.2) is 12.2 Å². The van der Waals surface area contributed by atoms with E-state index in [1.165, 1.54) is 0 Å². The SMILES string of the molecule is C/C=C/CN1CCCC(F)(F)C1. The van der Waals surface area contributed by atoms with Gasteiger partial charge in [-0.25, -0.2) is 8.78 Å². The molecule has 0 aromatic rings. The highest BCUT2D eigenvalue weighted by molar-refractivity contribution is 4.86. The molecule has 0 saturated carbocycles. The Balaban J connectivity index is 2.36. The zero-order valence-corrected chi connectivity index (χ0v) is 7.39. The van der Waals surface area contributed by atoms with Gasteiger partial charge in [0.15, 0.2) is 0 Å². The predicted octanol–water partition coefficient (Wildman–Crippen LogP) is 2.29. The van der Waals surface area contributed by atoms with Gasteiger partial charge in [-0.1, -0.05) is 12.2 Å². The summed E-state index contributed by atoms with van der Waals surface area (Å²) < 4.78 is 25.6. The zero-order valence-electron chi connectivity index (χ0n) is 7.39. The number of halogens is 2. The van der Waals surface area contributed by atoms with Crippen LogP contribution in [0, 0.1) is 0 Å². The summed E-state index contributed by atoms with van der Waals surface area (Å²) in [5.41, 5.74) is 0. The average molecular weight is 175 g/mol. The molecule has 1 aliphatic rings. The van der Waals surface area contributed by atoms with E-state index in [4.69, 9.17) is 0 Å². The van der Waals surface area contributed by atoms with E-state index in [9.17, 15) is 8.78 Å². The van der Waals surface area contributed by atoms with Gasteiger partial charge >= 0.3 is 0 Å². The second kappa shape index (κ2) is 3.99. The van der Waals surface area contributed by atoms with Crippen molar-refractivity contribution in [3.63, 3.8) is 0 Å². The molecule has 1 fully saturated rings. The lowest BCUT2D eigenvalue weighted by atomic mass is 10.1. The standard InChI is InChI=1S/C9H15F2N/c1-2-3-6-12-7-4-5-9(10,11)8-12/h2-3H,4-8H2,1H3/b3-2+. The topological polar surface area (TPSA) is 3.24 Å². The van der Waals surface area contributed by atoms with Gasteiger partial charge in [0.2, 0.25) is 0 Å². The number of hydrogen-bond acceptors (Lipinski definition) is 1. The van der Waals surface area contributed by atoms with Crippen LogP contribution in [0.2, 0.25) is 0 Å². The van der Waals surface area contributed by atoms with Gasteiger partial charge in [0.1, 0.15) is 0 Å². The Labute approximate surface area is 72.1 Å². The average Bonchev–Trinajstić information content (AvgIpc) is 1.99. The van der Waals surface area contributed by atoms with E-state index in [1.807, 2.05) is 19.1 Å². The Bertz CT molecular complexity index is 166. The summed E-state index contributed by atoms with van der Waals surface area (Å²) in [7, 11) is 0. The molecule has 1 nitrogen and oxygen atoms in total. The minimum absolute atomic E-state index is 0.0549. The molecule has 0 aromatic carbocycles. The van der Waals surface area contributed by atoms with Gasteiger partial charge in [-0.3, -0.25) is 4.90 Å². The molecule has 1 rings (SSSR count). The summed E-state index contributed by atoms with van der Waals surface area (Å²) in [4.78, 5) is 1.80. The van der Waals surface area contributed by atoms with Crippen LogP contribution in [-0.4, -0.2) is 30.5 Å². The molecule has 1 saturated heterocycles. The van der Waals surface area contributed by atoms with Crippen molar-refractivity contribution in [1.82, 2.24) is 4.90 Å². The normalized spacial score (nSPS) is 24.9. The van der Waals surface area contributed by atoms with Gasteiger partial charge in [-0.05, 0) is 19.9 Å². The highest BCUT2D eigenvalue weighted by Gasteiger charge is 2.34. The first-order valence-corrected chi connectivity index (χ1v) is 4.35. The molecule has 0 atom stereocenters. The lowest BCUT2D eigenvalue weighted by molar-refractivity contribution is -0.0609. The second-order valence-electron chi connectivity index (χ2n) is 3.26. The van der Waals surface area contributed by atoms with Gasteiger partial charge in [0, 0.05) is 13.0 Å². The summed E-state index contributed by atoms with van der Waals surface area (Å²) in [6.45, 7) is 3.30. The lowest BCUT2D eigenvalue weighted by Gasteiger charge is -2.31. The third-order valence-corrected chi connectivity index (χ3v) is 2.07. The van der Waals surface area contributed by atoms with Crippen LogP contribution in [0.1, 0.15) is 19.8 Å². The van der Waals surface area contributed by atoms with Crippen LogP contribution < -0.4 is 0 Å². The van der Waals surface area contributed by atoms with Gasteiger partial charge in [0.05, 0.1) is 6.54 Å². The van der Waals surface area contributed by atoms with Crippen LogP contribution in [-0.2, 0) is 0 Å². The molecule has 0 spiro atoms. The Morgan fingerprint density at radius 2 is 2.25 bits per heavy atom. The third-order valence-electron chi connectivity index (χ3n) is 2.07. The molecule has 0 unspecified atom stereocenters. The van der Waals surface area contributed by atoms with E-state index in [0.29, 0.717) is 13.0 Å². The number of piperidine rings is 1. The van der Waals surface area contributed by atoms with Crippen molar-refractivity contribution in [3.8, 4) is 0 Å². The first-order chi connectivity index (χ1) is 5.64. The maximum atomic E-state index is 12.8. The van der Waals surface area contributed by atoms with E-state index in [1.54, 1.807) is 4.90 Å². The Morgan fingerprint density at radius 1 is 1.50 bits per heavy atom. The van der Waals surface area contributed by atoms with Crippen LogP contribution >= 0.6 is 0 Å². The summed E-state index contributed by atoms with van der Waals surface area (Å²) in [6, 6.07) is 0. The Kier molecular flexibility index (Phi) is 3.20. The number of nitrogens with zero attached hydrogens (tertiary/aromatic N) is 1. The molecule has 0 amide bonds. The lowest BCUT2D eigenvalue weighted by Crippen LogP contribution is -2.42. The molecule has 70 valence electrons. The van der Waals surface area contributed by atoms with E-state index < -0.39 is 5.92 Å². The van der Waals surface area contributed by atoms with Crippen molar-refractivity contribution in [2.45, 2.75) is 25.7 Å². The molecule has 0 aromatic heterocycles. The third kappa shape index (κ3) is 2.89. The quantitative estimate of drug-likeness (QED) is 0.582. The zero-order chi connectivity index (χ0) is 9.03. The van der Waals surface area contributed by atoms with Gasteiger partial charge < -0.3 is 0 Å². The Hall–Kier alpha value is -0.440. The van der Waals surface area contributed by atoms with Crippen molar-refractivity contribution >= 4 is 0 Å². The summed E-state index contributed by atoms with van der Waals surface area (Å²) >= 11 is 0. The maximum absolute atomic E-state index is 12.8. The molecule has 1 heterocycles. The minimum atomic E-state index is -2.46. The number of rotatable bonds is 2. The molecule has 1 aliphatic heterocycles. The van der Waals surface area contributed by atoms with E-state index in [-0.39, 0.29) is 13.0 Å². The number of likely N-dealkylation sites (tertiary alicyclic amines) is 1. The highest BCUT2D eigenvalue weighted by atomic mass is 19.3. The molecule has 0 bridgehead atoms. The van der Waals surface area contributed by atoms with Crippen molar-refractivity contribution in [2.24, 2.45) is 0 Å².